The third-order valence-electron chi connectivity index (χ3n) is 3.78. The van der Waals surface area contributed by atoms with E-state index in [1.165, 1.54) is 0 Å². The minimum Gasteiger partial charge on any atom is -0.441 e. The van der Waals surface area contributed by atoms with Gasteiger partial charge in [-0.3, -0.25) is 0 Å². The molecule has 0 aliphatic heterocycles. The highest BCUT2D eigenvalue weighted by molar-refractivity contribution is 6.32. The molecule has 24 heavy (non-hydrogen) atoms. The number of hydrogen-bond donors (Lipinski definition) is 0. The summed E-state index contributed by atoms with van der Waals surface area (Å²) in [5.74, 6) is 1.11. The Hall–Kier alpha value is -2.42. The van der Waals surface area contributed by atoms with E-state index in [-0.39, 0.29) is 0 Å². The zero-order valence-corrected chi connectivity index (χ0v) is 14.0. The SMILES string of the molecule is Clc1cc(-c2ccccc2)c(-c2cc(-c3ccccc3)c(Cl)o2)o1. The molecule has 4 aromatic rings. The van der Waals surface area contributed by atoms with Crippen molar-refractivity contribution in [2.24, 2.45) is 0 Å². The average Bonchev–Trinajstić information content (AvgIpc) is 3.19. The molecule has 2 aromatic carbocycles. The lowest BCUT2D eigenvalue weighted by Crippen LogP contribution is -1.77. The van der Waals surface area contributed by atoms with Crippen LogP contribution in [0.4, 0.5) is 0 Å². The number of hydrogen-bond acceptors (Lipinski definition) is 2. The van der Waals surface area contributed by atoms with Gasteiger partial charge >= 0.3 is 0 Å². The number of rotatable bonds is 3. The molecule has 0 N–H and O–H groups in total. The standard InChI is InChI=1S/C20H12Cl2O2/c21-18-12-15(13-7-3-1-4-8-13)19(24-18)17-11-16(20(22)23-17)14-9-5-2-6-10-14/h1-12H. The smallest absolute Gasteiger partial charge is 0.201 e. The monoisotopic (exact) mass is 354 g/mol. The van der Waals surface area contributed by atoms with E-state index in [9.17, 15) is 0 Å². The normalized spacial score (nSPS) is 10.9. The van der Waals surface area contributed by atoms with Gasteiger partial charge in [0.2, 0.25) is 5.22 Å². The van der Waals surface area contributed by atoms with Crippen LogP contribution in [-0.4, -0.2) is 0 Å². The Bertz CT molecular complexity index is 970. The molecular formula is C20H12Cl2O2. The van der Waals surface area contributed by atoms with E-state index in [0.717, 1.165) is 22.3 Å². The molecule has 2 nitrogen and oxygen atoms in total. The Labute approximate surface area is 149 Å². The molecule has 0 atom stereocenters. The summed E-state index contributed by atoms with van der Waals surface area (Å²) in [5, 5.41) is 0.625. The maximum absolute atomic E-state index is 6.29. The molecule has 4 rings (SSSR count). The lowest BCUT2D eigenvalue weighted by atomic mass is 10.0. The maximum Gasteiger partial charge on any atom is 0.201 e. The van der Waals surface area contributed by atoms with Crippen molar-refractivity contribution in [2.45, 2.75) is 0 Å². The summed E-state index contributed by atoms with van der Waals surface area (Å²) in [6.45, 7) is 0. The van der Waals surface area contributed by atoms with Gasteiger partial charge in [0.1, 0.15) is 0 Å². The van der Waals surface area contributed by atoms with Gasteiger partial charge in [0, 0.05) is 17.2 Å². The predicted molar refractivity (Wildman–Crippen MR) is 97.3 cm³/mol. The fourth-order valence-electron chi connectivity index (χ4n) is 2.67. The second-order valence-electron chi connectivity index (χ2n) is 5.32. The van der Waals surface area contributed by atoms with Crippen LogP contribution < -0.4 is 0 Å². The minimum absolute atomic E-state index is 0.303. The van der Waals surface area contributed by atoms with E-state index >= 15 is 0 Å². The van der Waals surface area contributed by atoms with E-state index in [0.29, 0.717) is 22.0 Å². The lowest BCUT2D eigenvalue weighted by Gasteiger charge is -1.99. The summed E-state index contributed by atoms with van der Waals surface area (Å²) in [6, 6.07) is 23.4. The molecule has 0 radical (unpaired) electrons. The quantitative estimate of drug-likeness (QED) is 0.389. The Morgan fingerprint density at radius 3 is 1.83 bits per heavy atom. The van der Waals surface area contributed by atoms with Crippen LogP contribution in [0.5, 0.6) is 0 Å². The van der Waals surface area contributed by atoms with Gasteiger partial charge in [0.05, 0.1) is 0 Å². The van der Waals surface area contributed by atoms with Crippen molar-refractivity contribution in [3.8, 4) is 33.8 Å². The van der Waals surface area contributed by atoms with Gasteiger partial charge in [-0.1, -0.05) is 60.7 Å². The third-order valence-corrected chi connectivity index (χ3v) is 4.25. The zero-order chi connectivity index (χ0) is 16.5. The van der Waals surface area contributed by atoms with Crippen molar-refractivity contribution in [2.75, 3.05) is 0 Å². The van der Waals surface area contributed by atoms with Crippen molar-refractivity contribution in [1.82, 2.24) is 0 Å². The molecular weight excluding hydrogens is 343 g/mol. The molecule has 0 saturated heterocycles. The second-order valence-corrected chi connectivity index (χ2v) is 6.04. The van der Waals surface area contributed by atoms with Crippen LogP contribution in [0.2, 0.25) is 10.4 Å². The van der Waals surface area contributed by atoms with Gasteiger partial charge in [0.25, 0.3) is 0 Å². The van der Waals surface area contributed by atoms with Crippen LogP contribution >= 0.6 is 23.2 Å². The van der Waals surface area contributed by atoms with E-state index in [1.54, 1.807) is 6.07 Å². The molecule has 118 valence electrons. The summed E-state index contributed by atoms with van der Waals surface area (Å²) in [5.41, 5.74) is 3.66. The molecule has 0 aliphatic rings. The second kappa shape index (κ2) is 6.23. The lowest BCUT2D eigenvalue weighted by molar-refractivity contribution is 0.527. The van der Waals surface area contributed by atoms with Crippen LogP contribution in [0.3, 0.4) is 0 Å². The predicted octanol–water partition coefficient (Wildman–Crippen LogP) is 7.18. The fraction of sp³-hybridized carbons (Fsp3) is 0. The van der Waals surface area contributed by atoms with E-state index in [2.05, 4.69) is 0 Å². The summed E-state index contributed by atoms with van der Waals surface area (Å²) in [6.07, 6.45) is 0. The molecule has 0 unspecified atom stereocenters. The first-order chi connectivity index (χ1) is 11.7. The van der Waals surface area contributed by atoms with Gasteiger partial charge in [-0.2, -0.15) is 0 Å². The van der Waals surface area contributed by atoms with Crippen molar-refractivity contribution in [3.63, 3.8) is 0 Å². The number of benzene rings is 2. The largest absolute Gasteiger partial charge is 0.441 e. The summed E-state index contributed by atoms with van der Waals surface area (Å²) >= 11 is 12.4. The van der Waals surface area contributed by atoms with Crippen LogP contribution in [0.15, 0.2) is 81.6 Å². The van der Waals surface area contributed by atoms with Crippen LogP contribution in [-0.2, 0) is 0 Å². The molecule has 0 bridgehead atoms. The molecule has 2 heterocycles. The van der Waals surface area contributed by atoms with Crippen LogP contribution in [0, 0.1) is 0 Å². The van der Waals surface area contributed by atoms with Crippen molar-refractivity contribution < 1.29 is 8.83 Å². The highest BCUT2D eigenvalue weighted by atomic mass is 35.5. The molecule has 0 spiro atoms. The van der Waals surface area contributed by atoms with Gasteiger partial charge < -0.3 is 8.83 Å². The first-order valence-electron chi connectivity index (χ1n) is 7.42. The first kappa shape index (κ1) is 15.1. The van der Waals surface area contributed by atoms with Gasteiger partial charge in [0.15, 0.2) is 16.7 Å². The van der Waals surface area contributed by atoms with Crippen molar-refractivity contribution in [1.29, 1.82) is 0 Å². The van der Waals surface area contributed by atoms with Crippen LogP contribution in [0.25, 0.3) is 33.8 Å². The number of halogens is 2. The average molecular weight is 355 g/mol. The fourth-order valence-corrected chi connectivity index (χ4v) is 3.10. The summed E-state index contributed by atoms with van der Waals surface area (Å²) < 4.78 is 11.4. The Morgan fingerprint density at radius 1 is 0.625 bits per heavy atom. The highest BCUT2D eigenvalue weighted by Gasteiger charge is 2.20. The van der Waals surface area contributed by atoms with E-state index in [1.807, 2.05) is 66.7 Å². The summed E-state index contributed by atoms with van der Waals surface area (Å²) in [4.78, 5) is 0. The third kappa shape index (κ3) is 2.75. The van der Waals surface area contributed by atoms with Gasteiger partial charge in [-0.05, 0) is 40.4 Å². The van der Waals surface area contributed by atoms with E-state index < -0.39 is 0 Å². The maximum atomic E-state index is 6.29. The number of furan rings is 2. The zero-order valence-electron chi connectivity index (χ0n) is 12.5. The Kier molecular flexibility index (Phi) is 3.93. The Balaban J connectivity index is 1.84. The Morgan fingerprint density at radius 2 is 1.21 bits per heavy atom. The summed E-state index contributed by atoms with van der Waals surface area (Å²) in [7, 11) is 0. The first-order valence-corrected chi connectivity index (χ1v) is 8.18. The molecule has 0 fully saturated rings. The molecule has 0 aliphatic carbocycles. The highest BCUT2D eigenvalue weighted by Crippen LogP contribution is 2.41. The molecule has 4 heteroatoms. The van der Waals surface area contributed by atoms with Gasteiger partial charge in [-0.15, -0.1) is 0 Å². The van der Waals surface area contributed by atoms with Crippen LogP contribution in [0.1, 0.15) is 0 Å². The van der Waals surface area contributed by atoms with Crippen molar-refractivity contribution in [3.05, 3.63) is 83.2 Å². The van der Waals surface area contributed by atoms with Gasteiger partial charge in [-0.25, -0.2) is 0 Å². The van der Waals surface area contributed by atoms with E-state index in [4.69, 9.17) is 32.0 Å². The molecule has 0 saturated carbocycles. The molecule has 0 amide bonds. The molecule has 2 aromatic heterocycles. The minimum atomic E-state index is 0.303. The topological polar surface area (TPSA) is 26.3 Å². The van der Waals surface area contributed by atoms with Crippen molar-refractivity contribution >= 4 is 23.2 Å².